The van der Waals surface area contributed by atoms with E-state index in [4.69, 9.17) is 17.0 Å². The molecule has 3 N–H and O–H groups in total. The fraction of sp³-hybridized carbons (Fsp3) is 0.179. The molecular formula is C28H28N4O2S. The Morgan fingerprint density at radius 2 is 1.74 bits per heavy atom. The lowest BCUT2D eigenvalue weighted by Crippen LogP contribution is -2.35. The summed E-state index contributed by atoms with van der Waals surface area (Å²) in [5, 5.41) is 10.6. The number of benzene rings is 3. The van der Waals surface area contributed by atoms with Crippen LogP contribution >= 0.6 is 12.2 Å². The van der Waals surface area contributed by atoms with Crippen molar-refractivity contribution in [3.63, 3.8) is 0 Å². The van der Waals surface area contributed by atoms with E-state index in [2.05, 4.69) is 33.9 Å². The highest BCUT2D eigenvalue weighted by Crippen LogP contribution is 2.31. The predicted molar refractivity (Wildman–Crippen MR) is 147 cm³/mol. The van der Waals surface area contributed by atoms with Crippen molar-refractivity contribution >= 4 is 51.2 Å². The summed E-state index contributed by atoms with van der Waals surface area (Å²) < 4.78 is 5.56. The number of ether oxygens (including phenoxy) is 1. The highest BCUT2D eigenvalue weighted by Gasteiger charge is 2.10. The fourth-order valence-corrected chi connectivity index (χ4v) is 4.12. The third kappa shape index (κ3) is 6.33. The number of carbonyl (C=O) groups is 1. The summed E-state index contributed by atoms with van der Waals surface area (Å²) in [5.41, 5.74) is 5.67. The van der Waals surface area contributed by atoms with Gasteiger partial charge in [-0.1, -0.05) is 43.7 Å². The first-order valence-corrected chi connectivity index (χ1v) is 11.9. The SMILES string of the molecule is CCCc1cc2c(Nc3ccc(NC(=S)NC(=O)Cc4ccccc4)cc3)ccnc2cc1OC. The van der Waals surface area contributed by atoms with Gasteiger partial charge in [-0.15, -0.1) is 0 Å². The number of nitrogens with one attached hydrogen (secondary N) is 3. The maximum absolute atomic E-state index is 12.2. The van der Waals surface area contributed by atoms with Crippen molar-refractivity contribution in [2.75, 3.05) is 17.7 Å². The molecule has 6 nitrogen and oxygen atoms in total. The number of pyridine rings is 1. The van der Waals surface area contributed by atoms with Crippen LogP contribution in [0, 0.1) is 0 Å². The smallest absolute Gasteiger partial charge is 0.230 e. The van der Waals surface area contributed by atoms with Gasteiger partial charge in [0.2, 0.25) is 5.91 Å². The Hall–Kier alpha value is -3.97. The van der Waals surface area contributed by atoms with Gasteiger partial charge in [0.15, 0.2) is 5.11 Å². The van der Waals surface area contributed by atoms with Crippen LogP contribution in [0.2, 0.25) is 0 Å². The van der Waals surface area contributed by atoms with Crippen LogP contribution in [0.15, 0.2) is 79.0 Å². The molecule has 0 unspecified atom stereocenters. The van der Waals surface area contributed by atoms with Gasteiger partial charge in [-0.2, -0.15) is 0 Å². The van der Waals surface area contributed by atoms with Crippen molar-refractivity contribution in [2.45, 2.75) is 26.2 Å². The fourth-order valence-electron chi connectivity index (χ4n) is 3.89. The number of methoxy groups -OCH3 is 1. The molecule has 35 heavy (non-hydrogen) atoms. The summed E-state index contributed by atoms with van der Waals surface area (Å²) in [4.78, 5) is 16.7. The zero-order valence-corrected chi connectivity index (χ0v) is 20.6. The highest BCUT2D eigenvalue weighted by molar-refractivity contribution is 7.80. The molecule has 4 rings (SSSR count). The topological polar surface area (TPSA) is 75.3 Å². The molecule has 0 saturated heterocycles. The van der Waals surface area contributed by atoms with Gasteiger partial charge in [-0.25, -0.2) is 0 Å². The standard InChI is InChI=1S/C28H28N4O2S/c1-3-7-20-17-23-24(14-15-29-25(23)18-26(20)34-2)30-21-10-12-22(13-11-21)31-28(35)32-27(33)16-19-8-5-4-6-9-19/h4-6,8-15,17-18H,3,7,16H2,1-2H3,(H,29,30)(H2,31,32,33,35). The Balaban J connectivity index is 1.41. The Labute approximate surface area is 210 Å². The molecule has 0 bridgehead atoms. The monoisotopic (exact) mass is 484 g/mol. The van der Waals surface area contributed by atoms with Gasteiger partial charge in [0, 0.05) is 34.7 Å². The first-order chi connectivity index (χ1) is 17.1. The van der Waals surface area contributed by atoms with E-state index in [1.807, 2.05) is 66.7 Å². The molecule has 7 heteroatoms. The Kier molecular flexibility index (Phi) is 7.90. The van der Waals surface area contributed by atoms with E-state index < -0.39 is 0 Å². The van der Waals surface area contributed by atoms with Crippen molar-refractivity contribution in [3.8, 4) is 5.75 Å². The Morgan fingerprint density at radius 3 is 2.46 bits per heavy atom. The number of carbonyl (C=O) groups excluding carboxylic acids is 1. The molecular weight excluding hydrogens is 456 g/mol. The molecule has 1 amide bonds. The minimum absolute atomic E-state index is 0.157. The van der Waals surface area contributed by atoms with Gasteiger partial charge >= 0.3 is 0 Å². The van der Waals surface area contributed by atoms with Crippen molar-refractivity contribution < 1.29 is 9.53 Å². The van der Waals surface area contributed by atoms with Crippen molar-refractivity contribution in [2.24, 2.45) is 0 Å². The van der Waals surface area contributed by atoms with E-state index >= 15 is 0 Å². The molecule has 1 heterocycles. The lowest BCUT2D eigenvalue weighted by atomic mass is 10.0. The quantitative estimate of drug-likeness (QED) is 0.267. The van der Waals surface area contributed by atoms with Crippen LogP contribution in [0.1, 0.15) is 24.5 Å². The van der Waals surface area contributed by atoms with Crippen molar-refractivity contribution in [3.05, 3.63) is 90.1 Å². The number of amides is 1. The predicted octanol–water partition coefficient (Wildman–Crippen LogP) is 6.00. The second-order valence-electron chi connectivity index (χ2n) is 8.16. The van der Waals surface area contributed by atoms with Crippen LogP contribution in [-0.4, -0.2) is 23.1 Å². The third-order valence-electron chi connectivity index (χ3n) is 5.55. The molecule has 0 saturated carbocycles. The Morgan fingerprint density at radius 1 is 1.00 bits per heavy atom. The van der Waals surface area contributed by atoms with Crippen LogP contribution in [0.3, 0.4) is 0 Å². The minimum Gasteiger partial charge on any atom is -0.496 e. The molecule has 4 aromatic rings. The van der Waals surface area contributed by atoms with Crippen molar-refractivity contribution in [1.29, 1.82) is 0 Å². The van der Waals surface area contributed by atoms with Gasteiger partial charge in [0.05, 0.1) is 19.0 Å². The first kappa shape index (κ1) is 24.2. The number of nitrogens with zero attached hydrogens (tertiary/aromatic N) is 1. The van der Waals surface area contributed by atoms with Gasteiger partial charge in [0.25, 0.3) is 0 Å². The van der Waals surface area contributed by atoms with E-state index in [1.165, 1.54) is 5.56 Å². The lowest BCUT2D eigenvalue weighted by molar-refractivity contribution is -0.119. The number of anilines is 3. The van der Waals surface area contributed by atoms with Crippen molar-refractivity contribution in [1.82, 2.24) is 10.3 Å². The number of aryl methyl sites for hydroxylation is 1. The average Bonchev–Trinajstić information content (AvgIpc) is 2.86. The molecule has 0 aliphatic heterocycles. The second kappa shape index (κ2) is 11.4. The Bertz CT molecular complexity index is 1320. The summed E-state index contributed by atoms with van der Waals surface area (Å²) >= 11 is 5.30. The number of fused-ring (bicyclic) bond motifs is 1. The van der Waals surface area contributed by atoms with Gasteiger partial charge in [-0.3, -0.25) is 9.78 Å². The maximum atomic E-state index is 12.2. The van der Waals surface area contributed by atoms with E-state index in [-0.39, 0.29) is 17.4 Å². The normalized spacial score (nSPS) is 10.6. The maximum Gasteiger partial charge on any atom is 0.230 e. The lowest BCUT2D eigenvalue weighted by Gasteiger charge is -2.14. The number of hydrogen-bond acceptors (Lipinski definition) is 5. The summed E-state index contributed by atoms with van der Waals surface area (Å²) in [7, 11) is 1.69. The van der Waals surface area contributed by atoms with E-state index in [9.17, 15) is 4.79 Å². The number of thiocarbonyl (C=S) groups is 1. The van der Waals surface area contributed by atoms with Crippen LogP contribution in [-0.2, 0) is 17.6 Å². The molecule has 3 aromatic carbocycles. The molecule has 0 fully saturated rings. The summed E-state index contributed by atoms with van der Waals surface area (Å²) in [5.74, 6) is 0.710. The zero-order chi connectivity index (χ0) is 24.6. The third-order valence-corrected chi connectivity index (χ3v) is 5.75. The zero-order valence-electron chi connectivity index (χ0n) is 19.8. The summed E-state index contributed by atoms with van der Waals surface area (Å²) in [6.45, 7) is 2.15. The molecule has 0 radical (unpaired) electrons. The molecule has 1 aromatic heterocycles. The van der Waals surface area contributed by atoms with Gasteiger partial charge in [0.1, 0.15) is 5.75 Å². The molecule has 0 atom stereocenters. The average molecular weight is 485 g/mol. The molecule has 0 aliphatic rings. The van der Waals surface area contributed by atoms with Crippen LogP contribution < -0.4 is 20.7 Å². The summed E-state index contributed by atoms with van der Waals surface area (Å²) in [6.07, 6.45) is 4.04. The number of hydrogen-bond donors (Lipinski definition) is 3. The molecule has 0 spiro atoms. The van der Waals surface area contributed by atoms with Gasteiger partial charge < -0.3 is 20.7 Å². The van der Waals surface area contributed by atoms with Crippen LogP contribution in [0.5, 0.6) is 5.75 Å². The highest BCUT2D eigenvalue weighted by atomic mass is 32.1. The molecule has 0 aliphatic carbocycles. The molecule has 178 valence electrons. The summed E-state index contributed by atoms with van der Waals surface area (Å²) in [6, 6.07) is 23.4. The van der Waals surface area contributed by atoms with E-state index in [1.54, 1.807) is 13.3 Å². The van der Waals surface area contributed by atoms with Gasteiger partial charge in [-0.05, 0) is 66.2 Å². The van der Waals surface area contributed by atoms with Crippen LogP contribution in [0.25, 0.3) is 10.9 Å². The van der Waals surface area contributed by atoms with Crippen LogP contribution in [0.4, 0.5) is 17.1 Å². The van der Waals surface area contributed by atoms with E-state index in [0.29, 0.717) is 0 Å². The minimum atomic E-state index is -0.157. The van der Waals surface area contributed by atoms with E-state index in [0.717, 1.165) is 52.1 Å². The second-order valence-corrected chi connectivity index (χ2v) is 8.56. The number of rotatable bonds is 8. The first-order valence-electron chi connectivity index (χ1n) is 11.5. The largest absolute Gasteiger partial charge is 0.496 e. The number of aromatic nitrogens is 1.